The average molecular weight is 396 g/mol. The zero-order valence-corrected chi connectivity index (χ0v) is 17.4. The van der Waals surface area contributed by atoms with Crippen molar-refractivity contribution in [2.45, 2.75) is 39.8 Å². The quantitative estimate of drug-likeness (QED) is 0.592. The Morgan fingerprint density at radius 3 is 2.69 bits per heavy atom. The highest BCUT2D eigenvalue weighted by molar-refractivity contribution is 6.06. The van der Waals surface area contributed by atoms with Crippen LogP contribution in [0, 0.1) is 6.92 Å². The maximum Gasteiger partial charge on any atom is 0.265 e. The Morgan fingerprint density at radius 2 is 2.00 bits per heavy atom. The Balaban J connectivity index is 1.61. The summed E-state index contributed by atoms with van der Waals surface area (Å²) < 4.78 is 6.85. The number of nitrogens with zero attached hydrogens (tertiary/aromatic N) is 3. The van der Waals surface area contributed by atoms with Crippen molar-refractivity contribution in [2.75, 3.05) is 13.1 Å². The first-order valence-electron chi connectivity index (χ1n) is 9.89. The van der Waals surface area contributed by atoms with E-state index in [1.807, 2.05) is 18.2 Å². The number of aryl methyl sites for hydroxylation is 2. The Hall–Kier alpha value is -2.93. The van der Waals surface area contributed by atoms with Crippen molar-refractivity contribution in [3.63, 3.8) is 0 Å². The molecule has 0 aliphatic heterocycles. The Bertz CT molecular complexity index is 1040. The topological polar surface area (TPSA) is 80.4 Å². The molecule has 1 N–H and O–H groups in total. The van der Waals surface area contributed by atoms with Gasteiger partial charge in [-0.25, -0.2) is 4.98 Å². The van der Waals surface area contributed by atoms with Gasteiger partial charge in [-0.1, -0.05) is 30.3 Å². The van der Waals surface area contributed by atoms with Gasteiger partial charge in [0.1, 0.15) is 17.5 Å². The summed E-state index contributed by atoms with van der Waals surface area (Å²) in [5.74, 6) is 0.103. The second kappa shape index (κ2) is 9.05. The third-order valence-electron chi connectivity index (χ3n) is 5.04. The standard InChI is InChI=1S/C22H28N4O3/c1-15(2)26(13-17-9-6-5-7-10-17)12-8-11-23-20(27)18-16(3)29-21-19(18)22(28)25(4)14-24-21/h5-7,9-10,14-15H,8,11-13H2,1-4H3,(H,23,27). The number of carbonyl (C=O) groups excluding carboxylic acids is 1. The molecule has 2 aromatic heterocycles. The van der Waals surface area contributed by atoms with Crippen molar-refractivity contribution in [3.8, 4) is 0 Å². The highest BCUT2D eigenvalue weighted by Crippen LogP contribution is 2.20. The predicted octanol–water partition coefficient (Wildman–Crippen LogP) is 2.87. The number of nitrogens with one attached hydrogen (secondary N) is 1. The van der Waals surface area contributed by atoms with Gasteiger partial charge in [-0.15, -0.1) is 0 Å². The fourth-order valence-corrected chi connectivity index (χ4v) is 3.37. The van der Waals surface area contributed by atoms with Gasteiger partial charge >= 0.3 is 0 Å². The van der Waals surface area contributed by atoms with Crippen molar-refractivity contribution in [3.05, 3.63) is 63.9 Å². The third-order valence-corrected chi connectivity index (χ3v) is 5.04. The van der Waals surface area contributed by atoms with Gasteiger partial charge in [0.2, 0.25) is 5.71 Å². The van der Waals surface area contributed by atoms with Crippen LogP contribution in [0.4, 0.5) is 0 Å². The molecule has 7 heteroatoms. The molecule has 0 unspecified atom stereocenters. The summed E-state index contributed by atoms with van der Waals surface area (Å²) >= 11 is 0. The Kier molecular flexibility index (Phi) is 6.49. The lowest BCUT2D eigenvalue weighted by Crippen LogP contribution is -2.34. The zero-order chi connectivity index (χ0) is 21.0. The van der Waals surface area contributed by atoms with Crippen molar-refractivity contribution < 1.29 is 9.21 Å². The maximum absolute atomic E-state index is 12.7. The molecular formula is C22H28N4O3. The number of hydrogen-bond donors (Lipinski definition) is 1. The van der Waals surface area contributed by atoms with E-state index in [0.717, 1.165) is 19.5 Å². The van der Waals surface area contributed by atoms with Crippen LogP contribution in [0.1, 0.15) is 41.9 Å². The van der Waals surface area contributed by atoms with Crippen LogP contribution in [0.25, 0.3) is 11.1 Å². The van der Waals surface area contributed by atoms with E-state index in [2.05, 4.69) is 41.2 Å². The van der Waals surface area contributed by atoms with Gasteiger partial charge in [0.05, 0.1) is 5.56 Å². The van der Waals surface area contributed by atoms with Gasteiger partial charge in [-0.05, 0) is 32.8 Å². The van der Waals surface area contributed by atoms with E-state index < -0.39 is 0 Å². The summed E-state index contributed by atoms with van der Waals surface area (Å²) in [6, 6.07) is 10.8. The van der Waals surface area contributed by atoms with Crippen LogP contribution in [-0.2, 0) is 13.6 Å². The highest BCUT2D eigenvalue weighted by atomic mass is 16.3. The normalized spacial score (nSPS) is 11.5. The largest absolute Gasteiger partial charge is 0.442 e. The number of benzene rings is 1. The summed E-state index contributed by atoms with van der Waals surface area (Å²) in [5, 5.41) is 3.16. The summed E-state index contributed by atoms with van der Waals surface area (Å²) in [6.45, 7) is 8.28. The van der Waals surface area contributed by atoms with Gasteiger partial charge in [0.25, 0.3) is 11.5 Å². The van der Waals surface area contributed by atoms with Crippen LogP contribution >= 0.6 is 0 Å². The molecule has 3 aromatic rings. The molecule has 1 amide bonds. The van der Waals surface area contributed by atoms with E-state index in [4.69, 9.17) is 4.42 Å². The molecule has 0 bridgehead atoms. The van der Waals surface area contributed by atoms with Crippen LogP contribution < -0.4 is 10.9 Å². The summed E-state index contributed by atoms with van der Waals surface area (Å²) in [4.78, 5) is 31.6. The van der Waals surface area contributed by atoms with Crippen LogP contribution in [0.15, 0.2) is 45.9 Å². The third kappa shape index (κ3) is 4.74. The lowest BCUT2D eigenvalue weighted by molar-refractivity contribution is 0.0950. The van der Waals surface area contributed by atoms with E-state index in [1.54, 1.807) is 14.0 Å². The first-order chi connectivity index (χ1) is 13.9. The van der Waals surface area contributed by atoms with Gasteiger partial charge in [0, 0.05) is 32.7 Å². The van der Waals surface area contributed by atoms with Crippen LogP contribution in [0.3, 0.4) is 0 Å². The molecule has 0 saturated carbocycles. The van der Waals surface area contributed by atoms with Crippen LogP contribution in [0.2, 0.25) is 0 Å². The minimum absolute atomic E-state index is 0.199. The van der Waals surface area contributed by atoms with E-state index in [0.29, 0.717) is 18.3 Å². The van der Waals surface area contributed by atoms with Gasteiger partial charge in [-0.3, -0.25) is 14.5 Å². The van der Waals surface area contributed by atoms with E-state index in [-0.39, 0.29) is 28.1 Å². The number of hydrogen-bond acceptors (Lipinski definition) is 5. The first kappa shape index (κ1) is 20.8. The Labute approximate surface area is 170 Å². The minimum Gasteiger partial charge on any atom is -0.442 e. The SMILES string of the molecule is Cc1oc2ncn(C)c(=O)c2c1C(=O)NCCCN(Cc1ccccc1)C(C)C. The number of amides is 1. The van der Waals surface area contributed by atoms with Gasteiger partial charge < -0.3 is 14.3 Å². The molecule has 0 radical (unpaired) electrons. The molecule has 0 aliphatic carbocycles. The molecule has 1 aromatic carbocycles. The van der Waals surface area contributed by atoms with Crippen molar-refractivity contribution in [1.29, 1.82) is 0 Å². The molecular weight excluding hydrogens is 368 g/mol. The maximum atomic E-state index is 12.7. The molecule has 2 heterocycles. The number of carbonyl (C=O) groups is 1. The molecule has 3 rings (SSSR count). The molecule has 154 valence electrons. The lowest BCUT2D eigenvalue weighted by atomic mass is 10.1. The minimum atomic E-state index is -0.300. The summed E-state index contributed by atoms with van der Waals surface area (Å²) in [5.41, 5.74) is 1.46. The smallest absolute Gasteiger partial charge is 0.265 e. The average Bonchev–Trinajstić information content (AvgIpc) is 3.04. The van der Waals surface area contributed by atoms with Gasteiger partial charge in [0.15, 0.2) is 0 Å². The van der Waals surface area contributed by atoms with Crippen LogP contribution in [-0.4, -0.2) is 39.5 Å². The second-order valence-electron chi connectivity index (χ2n) is 7.53. The number of furan rings is 1. The molecule has 7 nitrogen and oxygen atoms in total. The molecule has 0 saturated heterocycles. The molecule has 29 heavy (non-hydrogen) atoms. The predicted molar refractivity (Wildman–Crippen MR) is 113 cm³/mol. The van der Waals surface area contributed by atoms with Crippen molar-refractivity contribution >= 4 is 17.0 Å². The summed E-state index contributed by atoms with van der Waals surface area (Å²) in [7, 11) is 1.60. The summed E-state index contributed by atoms with van der Waals surface area (Å²) in [6.07, 6.45) is 2.20. The fraction of sp³-hybridized carbons (Fsp3) is 0.409. The highest BCUT2D eigenvalue weighted by Gasteiger charge is 2.22. The van der Waals surface area contributed by atoms with Crippen LogP contribution in [0.5, 0.6) is 0 Å². The first-order valence-corrected chi connectivity index (χ1v) is 9.89. The lowest BCUT2D eigenvalue weighted by Gasteiger charge is -2.26. The molecule has 0 aliphatic rings. The molecule has 0 spiro atoms. The number of aromatic nitrogens is 2. The monoisotopic (exact) mass is 396 g/mol. The number of rotatable bonds is 8. The van der Waals surface area contributed by atoms with E-state index in [9.17, 15) is 9.59 Å². The van der Waals surface area contributed by atoms with Crippen molar-refractivity contribution in [1.82, 2.24) is 19.8 Å². The van der Waals surface area contributed by atoms with Gasteiger partial charge in [-0.2, -0.15) is 0 Å². The fourth-order valence-electron chi connectivity index (χ4n) is 3.37. The zero-order valence-electron chi connectivity index (χ0n) is 17.4. The van der Waals surface area contributed by atoms with E-state index in [1.165, 1.54) is 16.5 Å². The number of fused-ring (bicyclic) bond motifs is 1. The molecule has 0 atom stereocenters. The second-order valence-corrected chi connectivity index (χ2v) is 7.53. The van der Waals surface area contributed by atoms with E-state index >= 15 is 0 Å². The van der Waals surface area contributed by atoms with Crippen molar-refractivity contribution in [2.24, 2.45) is 7.05 Å². The Morgan fingerprint density at radius 1 is 1.28 bits per heavy atom. The molecule has 0 fully saturated rings.